The topological polar surface area (TPSA) is 167 Å². The summed E-state index contributed by atoms with van der Waals surface area (Å²) in [6.07, 6.45) is 4.49. The zero-order valence-corrected chi connectivity index (χ0v) is 28.8. The Morgan fingerprint density at radius 3 is 2.49 bits per heavy atom. The first-order chi connectivity index (χ1) is 23.6. The summed E-state index contributed by atoms with van der Waals surface area (Å²) < 4.78 is 26.8. The van der Waals surface area contributed by atoms with Gasteiger partial charge in [-0.1, -0.05) is 32.0 Å². The molecule has 1 atom stereocenters. The Hall–Kier alpha value is -4.89. The number of fused-ring (bicyclic) bond motifs is 3. The Kier molecular flexibility index (Phi) is 8.57. The number of hydrogen-bond acceptors (Lipinski definition) is 11. The van der Waals surface area contributed by atoms with E-state index in [1.54, 1.807) is 25.1 Å². The number of nitrogens with zero attached hydrogens (tertiary/aromatic N) is 7. The number of aromatic nitrogens is 5. The number of anilines is 4. The molecule has 5 heterocycles. The molecule has 0 bridgehead atoms. The molecular weight excluding hydrogens is 645 g/mol. The molecule has 7 rings (SSSR count). The van der Waals surface area contributed by atoms with Crippen LogP contribution in [-0.2, 0) is 21.2 Å². The highest BCUT2D eigenvalue weighted by Crippen LogP contribution is 2.50. The number of likely N-dealkylation sites (tertiary alicyclic amines) is 1. The predicted octanol–water partition coefficient (Wildman–Crippen LogP) is 3.94. The van der Waals surface area contributed by atoms with E-state index in [1.807, 2.05) is 24.4 Å². The molecule has 49 heavy (non-hydrogen) atoms. The number of hydrogen-bond donors (Lipinski definition) is 3. The molecule has 3 aliphatic rings. The van der Waals surface area contributed by atoms with Gasteiger partial charge < -0.3 is 20.9 Å². The summed E-state index contributed by atoms with van der Waals surface area (Å²) in [5.41, 5.74) is 6.24. The van der Waals surface area contributed by atoms with E-state index in [2.05, 4.69) is 65.7 Å². The standard InChI is InChI=1S/C34H40N10O4S/c1-5-27-32-24(16-36-44(32)22-18-43(19-22)17-21-9-7-12-29(37-21)49(47,48)6-2)23-10-8-11-25(31(23)42(27)4)38-26-15-28(39-33(45)20-13-14-20)40-41-30(26)34(46)35-3/h7-12,15-16,20,22,27H,5-6,13-14,17-19H2,1-4H3,(H,35,46)(H2,38,39,40,45). The molecule has 14 nitrogen and oxygen atoms in total. The van der Waals surface area contributed by atoms with E-state index in [1.165, 1.54) is 7.05 Å². The van der Waals surface area contributed by atoms with Crippen LogP contribution in [-0.4, -0.2) is 83.0 Å². The molecule has 1 aliphatic carbocycles. The van der Waals surface area contributed by atoms with Crippen molar-refractivity contribution in [1.29, 1.82) is 0 Å². The van der Waals surface area contributed by atoms with Crippen LogP contribution in [0.15, 0.2) is 53.7 Å². The summed E-state index contributed by atoms with van der Waals surface area (Å²) in [4.78, 5) is 34.2. The van der Waals surface area contributed by atoms with Gasteiger partial charge in [0.05, 0.1) is 52.5 Å². The third-order valence-corrected chi connectivity index (χ3v) is 11.2. The summed E-state index contributed by atoms with van der Waals surface area (Å²) in [5.74, 6) is -0.192. The Morgan fingerprint density at radius 1 is 1.00 bits per heavy atom. The van der Waals surface area contributed by atoms with Crippen LogP contribution in [0.1, 0.15) is 67.1 Å². The van der Waals surface area contributed by atoms with Crippen LogP contribution in [0.25, 0.3) is 11.1 Å². The number of amides is 2. The number of benzene rings is 1. The van der Waals surface area contributed by atoms with Gasteiger partial charge in [-0.2, -0.15) is 5.10 Å². The number of sulfone groups is 1. The minimum absolute atomic E-state index is 0.00325. The Balaban J connectivity index is 1.15. The first kappa shape index (κ1) is 32.6. The lowest BCUT2D eigenvalue weighted by Gasteiger charge is -2.43. The van der Waals surface area contributed by atoms with Crippen molar-refractivity contribution < 1.29 is 18.0 Å². The number of carbonyl (C=O) groups excluding carboxylic acids is 2. The van der Waals surface area contributed by atoms with E-state index in [0.717, 1.165) is 66.2 Å². The maximum atomic E-state index is 12.8. The fourth-order valence-corrected chi connectivity index (χ4v) is 7.56. The van der Waals surface area contributed by atoms with E-state index in [9.17, 15) is 18.0 Å². The molecule has 4 aromatic rings. The molecule has 2 aliphatic heterocycles. The smallest absolute Gasteiger partial charge is 0.273 e. The van der Waals surface area contributed by atoms with Crippen LogP contribution in [0.3, 0.4) is 0 Å². The van der Waals surface area contributed by atoms with E-state index < -0.39 is 15.7 Å². The van der Waals surface area contributed by atoms with Crippen LogP contribution >= 0.6 is 0 Å². The highest BCUT2D eigenvalue weighted by Gasteiger charge is 2.38. The molecular formula is C34H40N10O4S. The molecule has 15 heteroatoms. The average Bonchev–Trinajstić information content (AvgIpc) is 3.86. The van der Waals surface area contributed by atoms with Crippen molar-refractivity contribution in [1.82, 2.24) is 35.2 Å². The van der Waals surface area contributed by atoms with E-state index in [4.69, 9.17) is 5.10 Å². The summed E-state index contributed by atoms with van der Waals surface area (Å²) in [6, 6.07) is 13.0. The maximum absolute atomic E-state index is 12.8. The molecule has 1 unspecified atom stereocenters. The van der Waals surface area contributed by atoms with Gasteiger partial charge >= 0.3 is 0 Å². The van der Waals surface area contributed by atoms with Gasteiger partial charge in [0.25, 0.3) is 5.91 Å². The fourth-order valence-electron chi connectivity index (χ4n) is 6.73. The zero-order chi connectivity index (χ0) is 34.4. The molecule has 2 fully saturated rings. The van der Waals surface area contributed by atoms with E-state index in [-0.39, 0.29) is 46.2 Å². The van der Waals surface area contributed by atoms with Crippen molar-refractivity contribution in [3.05, 3.63) is 65.7 Å². The average molecular weight is 685 g/mol. The highest BCUT2D eigenvalue weighted by molar-refractivity contribution is 7.91. The molecule has 256 valence electrons. The van der Waals surface area contributed by atoms with Crippen molar-refractivity contribution in [2.45, 2.75) is 56.8 Å². The summed E-state index contributed by atoms with van der Waals surface area (Å²) >= 11 is 0. The fraction of sp³-hybridized carbons (Fsp3) is 0.412. The molecule has 3 aromatic heterocycles. The Bertz CT molecular complexity index is 2040. The van der Waals surface area contributed by atoms with Crippen LogP contribution in [0.5, 0.6) is 0 Å². The van der Waals surface area contributed by atoms with Gasteiger partial charge in [0.2, 0.25) is 5.91 Å². The minimum Gasteiger partial charge on any atom is -0.364 e. The van der Waals surface area contributed by atoms with Gasteiger partial charge in [-0.15, -0.1) is 10.2 Å². The Morgan fingerprint density at radius 2 is 1.78 bits per heavy atom. The van der Waals surface area contributed by atoms with E-state index in [0.29, 0.717) is 12.2 Å². The lowest BCUT2D eigenvalue weighted by atomic mass is 9.91. The first-order valence-corrected chi connectivity index (χ1v) is 18.3. The van der Waals surface area contributed by atoms with Gasteiger partial charge in [0.1, 0.15) is 0 Å². The SMILES string of the molecule is CCC1c2c(cnn2C2CN(Cc3cccc(S(=O)(=O)CC)n3)C2)-c2cccc(Nc3cc(NC(=O)C4CC4)nnc3C(=O)NC)c2N1C. The van der Waals surface area contributed by atoms with Crippen molar-refractivity contribution in [2.24, 2.45) is 5.92 Å². The third kappa shape index (κ3) is 6.12. The first-order valence-electron chi connectivity index (χ1n) is 16.6. The number of nitrogens with one attached hydrogen (secondary N) is 3. The third-order valence-electron chi connectivity index (χ3n) is 9.54. The van der Waals surface area contributed by atoms with Crippen LogP contribution < -0.4 is 20.9 Å². The monoisotopic (exact) mass is 684 g/mol. The second kappa shape index (κ2) is 12.9. The number of rotatable bonds is 11. The maximum Gasteiger partial charge on any atom is 0.273 e. The van der Waals surface area contributed by atoms with Gasteiger partial charge in [0, 0.05) is 56.8 Å². The van der Waals surface area contributed by atoms with Gasteiger partial charge in [-0.3, -0.25) is 19.2 Å². The second-order valence-electron chi connectivity index (χ2n) is 12.8. The zero-order valence-electron chi connectivity index (χ0n) is 28.0. The second-order valence-corrected chi connectivity index (χ2v) is 15.0. The molecule has 0 radical (unpaired) electrons. The number of para-hydroxylation sites is 1. The summed E-state index contributed by atoms with van der Waals surface area (Å²) in [7, 11) is 0.239. The van der Waals surface area contributed by atoms with Gasteiger partial charge in [-0.05, 0) is 37.5 Å². The van der Waals surface area contributed by atoms with Crippen LogP contribution in [0, 0.1) is 5.92 Å². The lowest BCUT2D eigenvalue weighted by Crippen LogP contribution is -2.48. The molecule has 1 saturated heterocycles. The lowest BCUT2D eigenvalue weighted by molar-refractivity contribution is -0.117. The predicted molar refractivity (Wildman–Crippen MR) is 185 cm³/mol. The molecule has 3 N–H and O–H groups in total. The van der Waals surface area contributed by atoms with Crippen molar-refractivity contribution >= 4 is 44.5 Å². The van der Waals surface area contributed by atoms with Gasteiger partial charge in [0.15, 0.2) is 26.4 Å². The van der Waals surface area contributed by atoms with Crippen LogP contribution in [0.2, 0.25) is 0 Å². The Labute approximate surface area is 285 Å². The number of pyridine rings is 1. The van der Waals surface area contributed by atoms with Gasteiger partial charge in [-0.25, -0.2) is 13.4 Å². The van der Waals surface area contributed by atoms with Crippen molar-refractivity contribution in [3.8, 4) is 11.1 Å². The quantitative estimate of drug-likeness (QED) is 0.209. The summed E-state index contributed by atoms with van der Waals surface area (Å²) in [6.45, 7) is 5.89. The molecule has 1 aromatic carbocycles. The summed E-state index contributed by atoms with van der Waals surface area (Å²) in [5, 5.41) is 22.2. The van der Waals surface area contributed by atoms with Crippen molar-refractivity contribution in [2.75, 3.05) is 48.5 Å². The minimum atomic E-state index is -3.37. The molecule has 0 spiro atoms. The normalized spacial score (nSPS) is 17.6. The van der Waals surface area contributed by atoms with Crippen molar-refractivity contribution in [3.63, 3.8) is 0 Å². The number of carbonyl (C=O) groups is 2. The molecule has 1 saturated carbocycles. The highest BCUT2D eigenvalue weighted by atomic mass is 32.2. The largest absolute Gasteiger partial charge is 0.364 e. The van der Waals surface area contributed by atoms with Crippen LogP contribution in [0.4, 0.5) is 22.9 Å². The molecule has 2 amide bonds. The van der Waals surface area contributed by atoms with E-state index >= 15 is 0 Å².